The van der Waals surface area contributed by atoms with Gasteiger partial charge in [-0.15, -0.1) is 0 Å². The van der Waals surface area contributed by atoms with Crippen molar-refractivity contribution in [1.82, 2.24) is 4.90 Å². The molecule has 0 aliphatic carbocycles. The highest BCUT2D eigenvalue weighted by molar-refractivity contribution is 9.09. The van der Waals surface area contributed by atoms with E-state index in [0.717, 1.165) is 5.56 Å². The van der Waals surface area contributed by atoms with Crippen molar-refractivity contribution in [3.05, 3.63) is 35.9 Å². The summed E-state index contributed by atoms with van der Waals surface area (Å²) in [4.78, 5) is 37.8. The van der Waals surface area contributed by atoms with Crippen LogP contribution in [0.15, 0.2) is 30.3 Å². The summed E-state index contributed by atoms with van der Waals surface area (Å²) in [6.07, 6.45) is 0. The van der Waals surface area contributed by atoms with Crippen LogP contribution in [-0.4, -0.2) is 47.3 Å². The molecule has 1 aromatic rings. The van der Waals surface area contributed by atoms with Crippen molar-refractivity contribution < 1.29 is 23.9 Å². The zero-order valence-corrected chi connectivity index (χ0v) is 16.3. The second kappa shape index (κ2) is 10.9. The SMILES string of the molecule is CCOC(=O)[C@H](C(C)C)N(CC(=O)OCc1ccccc1)C(=O)CBr. The van der Waals surface area contributed by atoms with Gasteiger partial charge in [-0.25, -0.2) is 4.79 Å². The summed E-state index contributed by atoms with van der Waals surface area (Å²) in [6.45, 7) is 5.30. The molecule has 0 N–H and O–H groups in total. The summed E-state index contributed by atoms with van der Waals surface area (Å²) in [5.41, 5.74) is 0.847. The van der Waals surface area contributed by atoms with Crippen LogP contribution in [0, 0.1) is 5.92 Å². The maximum absolute atomic E-state index is 12.2. The van der Waals surface area contributed by atoms with E-state index in [4.69, 9.17) is 9.47 Å². The second-order valence-electron chi connectivity index (χ2n) is 5.74. The summed E-state index contributed by atoms with van der Waals surface area (Å²) in [7, 11) is 0. The van der Waals surface area contributed by atoms with E-state index in [1.807, 2.05) is 30.3 Å². The van der Waals surface area contributed by atoms with Gasteiger partial charge in [-0.2, -0.15) is 0 Å². The molecule has 0 fully saturated rings. The van der Waals surface area contributed by atoms with E-state index in [1.54, 1.807) is 20.8 Å². The first-order chi connectivity index (χ1) is 11.9. The minimum absolute atomic E-state index is 0.00158. The highest BCUT2D eigenvalue weighted by atomic mass is 79.9. The Morgan fingerprint density at radius 2 is 1.76 bits per heavy atom. The smallest absolute Gasteiger partial charge is 0.329 e. The number of ether oxygens (including phenoxy) is 2. The van der Waals surface area contributed by atoms with Crippen LogP contribution in [-0.2, 0) is 30.5 Å². The van der Waals surface area contributed by atoms with Crippen LogP contribution in [0.1, 0.15) is 26.3 Å². The molecule has 0 heterocycles. The Labute approximate surface area is 156 Å². The molecule has 0 aliphatic rings. The fourth-order valence-electron chi connectivity index (χ4n) is 2.33. The maximum atomic E-state index is 12.2. The van der Waals surface area contributed by atoms with Gasteiger partial charge in [-0.1, -0.05) is 60.1 Å². The van der Waals surface area contributed by atoms with E-state index >= 15 is 0 Å². The summed E-state index contributed by atoms with van der Waals surface area (Å²) in [5, 5.41) is 0.00158. The van der Waals surface area contributed by atoms with Gasteiger partial charge < -0.3 is 14.4 Å². The van der Waals surface area contributed by atoms with Gasteiger partial charge in [0.15, 0.2) is 0 Å². The molecule has 0 unspecified atom stereocenters. The second-order valence-corrected chi connectivity index (χ2v) is 6.30. The van der Waals surface area contributed by atoms with Crippen molar-refractivity contribution in [3.8, 4) is 0 Å². The Bertz CT molecular complexity index is 576. The first kappa shape index (κ1) is 21.2. The number of carbonyl (C=O) groups is 3. The molecular formula is C18H24BrNO5. The number of amides is 1. The van der Waals surface area contributed by atoms with E-state index in [2.05, 4.69) is 15.9 Å². The number of halogens is 1. The lowest BCUT2D eigenvalue weighted by Gasteiger charge is -2.31. The molecule has 25 heavy (non-hydrogen) atoms. The van der Waals surface area contributed by atoms with Gasteiger partial charge in [0.1, 0.15) is 19.2 Å². The normalized spacial score (nSPS) is 11.7. The van der Waals surface area contributed by atoms with Crippen LogP contribution in [0.25, 0.3) is 0 Å². The average molecular weight is 414 g/mol. The fraction of sp³-hybridized carbons (Fsp3) is 0.500. The minimum Gasteiger partial charge on any atom is -0.464 e. The molecule has 1 aromatic carbocycles. The Morgan fingerprint density at radius 1 is 1.12 bits per heavy atom. The molecule has 0 aliphatic heterocycles. The number of hydrogen-bond acceptors (Lipinski definition) is 5. The monoisotopic (exact) mass is 413 g/mol. The largest absolute Gasteiger partial charge is 0.464 e. The Morgan fingerprint density at radius 3 is 2.28 bits per heavy atom. The van der Waals surface area contributed by atoms with E-state index in [9.17, 15) is 14.4 Å². The summed E-state index contributed by atoms with van der Waals surface area (Å²) in [5.74, 6) is -1.68. The van der Waals surface area contributed by atoms with Gasteiger partial charge in [0.05, 0.1) is 11.9 Å². The van der Waals surface area contributed by atoms with Crippen LogP contribution in [0.3, 0.4) is 0 Å². The van der Waals surface area contributed by atoms with Crippen LogP contribution in [0.4, 0.5) is 0 Å². The van der Waals surface area contributed by atoms with Crippen molar-refractivity contribution >= 4 is 33.8 Å². The average Bonchev–Trinajstić information content (AvgIpc) is 2.59. The van der Waals surface area contributed by atoms with E-state index in [-0.39, 0.29) is 36.9 Å². The Balaban J connectivity index is 2.81. The lowest BCUT2D eigenvalue weighted by molar-refractivity contribution is -0.160. The standard InChI is InChI=1S/C18H24BrNO5/c1-4-24-18(23)17(13(2)3)20(15(21)10-19)11-16(22)25-12-14-8-6-5-7-9-14/h5-9,13,17H,4,10-12H2,1-3H3/t17-/m0/s1. The third-order valence-corrected chi connectivity index (χ3v) is 3.95. The Hall–Kier alpha value is -1.89. The van der Waals surface area contributed by atoms with Gasteiger partial charge in [-0.05, 0) is 18.4 Å². The lowest BCUT2D eigenvalue weighted by atomic mass is 10.0. The zero-order chi connectivity index (χ0) is 18.8. The summed E-state index contributed by atoms with van der Waals surface area (Å²) < 4.78 is 10.3. The van der Waals surface area contributed by atoms with E-state index in [0.29, 0.717) is 0 Å². The number of carbonyl (C=O) groups excluding carboxylic acids is 3. The number of alkyl halides is 1. The maximum Gasteiger partial charge on any atom is 0.329 e. The third-order valence-electron chi connectivity index (χ3n) is 3.47. The molecule has 1 amide bonds. The van der Waals surface area contributed by atoms with Crippen molar-refractivity contribution in [1.29, 1.82) is 0 Å². The highest BCUT2D eigenvalue weighted by Crippen LogP contribution is 2.15. The molecule has 0 spiro atoms. The van der Waals surface area contributed by atoms with Gasteiger partial charge in [0.25, 0.3) is 0 Å². The summed E-state index contributed by atoms with van der Waals surface area (Å²) in [6, 6.07) is 8.40. The molecule has 0 radical (unpaired) electrons. The molecular weight excluding hydrogens is 390 g/mol. The lowest BCUT2D eigenvalue weighted by Crippen LogP contribution is -2.51. The topological polar surface area (TPSA) is 72.9 Å². The van der Waals surface area contributed by atoms with Crippen LogP contribution in [0.5, 0.6) is 0 Å². The molecule has 138 valence electrons. The van der Waals surface area contributed by atoms with Gasteiger partial charge >= 0.3 is 11.9 Å². The third kappa shape index (κ3) is 6.86. The van der Waals surface area contributed by atoms with Gasteiger partial charge in [0, 0.05) is 0 Å². The molecule has 0 bridgehead atoms. The Kier molecular flexibility index (Phi) is 9.20. The summed E-state index contributed by atoms with van der Waals surface area (Å²) >= 11 is 3.09. The van der Waals surface area contributed by atoms with Crippen LogP contribution in [0.2, 0.25) is 0 Å². The van der Waals surface area contributed by atoms with Crippen LogP contribution < -0.4 is 0 Å². The molecule has 7 heteroatoms. The molecule has 0 aromatic heterocycles. The van der Waals surface area contributed by atoms with E-state index < -0.39 is 18.0 Å². The van der Waals surface area contributed by atoms with Crippen molar-refractivity contribution in [2.75, 3.05) is 18.5 Å². The number of benzene rings is 1. The first-order valence-electron chi connectivity index (χ1n) is 8.12. The van der Waals surface area contributed by atoms with E-state index in [1.165, 1.54) is 4.90 Å². The zero-order valence-electron chi connectivity index (χ0n) is 14.7. The van der Waals surface area contributed by atoms with Gasteiger partial charge in [0.2, 0.25) is 5.91 Å². The van der Waals surface area contributed by atoms with Gasteiger partial charge in [-0.3, -0.25) is 9.59 Å². The molecule has 1 rings (SSSR count). The number of rotatable bonds is 9. The molecule has 1 atom stereocenters. The number of hydrogen-bond donors (Lipinski definition) is 0. The van der Waals surface area contributed by atoms with Crippen molar-refractivity contribution in [2.45, 2.75) is 33.4 Å². The highest BCUT2D eigenvalue weighted by Gasteiger charge is 2.34. The van der Waals surface area contributed by atoms with Crippen molar-refractivity contribution in [2.24, 2.45) is 5.92 Å². The van der Waals surface area contributed by atoms with Crippen LogP contribution >= 0.6 is 15.9 Å². The molecule has 0 saturated heterocycles. The number of nitrogens with zero attached hydrogens (tertiary/aromatic N) is 1. The predicted octanol–water partition coefficient (Wildman–Crippen LogP) is 2.54. The van der Waals surface area contributed by atoms with Crippen molar-refractivity contribution in [3.63, 3.8) is 0 Å². The minimum atomic E-state index is -0.839. The fourth-order valence-corrected chi connectivity index (χ4v) is 2.65. The first-order valence-corrected chi connectivity index (χ1v) is 9.24. The predicted molar refractivity (Wildman–Crippen MR) is 97.0 cm³/mol. The molecule has 0 saturated carbocycles. The molecule has 6 nitrogen and oxygen atoms in total. The quantitative estimate of drug-likeness (QED) is 0.459. The number of esters is 2.